The maximum atomic E-state index is 14.0. The monoisotopic (exact) mass is 611 g/mol. The van der Waals surface area contributed by atoms with Crippen molar-refractivity contribution in [2.75, 3.05) is 23.0 Å². The number of thioether (sulfide) groups is 1. The quantitative estimate of drug-likeness (QED) is 0.166. The summed E-state index contributed by atoms with van der Waals surface area (Å²) in [7, 11) is 0. The van der Waals surface area contributed by atoms with Crippen molar-refractivity contribution in [1.29, 1.82) is 0 Å². The summed E-state index contributed by atoms with van der Waals surface area (Å²) in [5, 5.41) is 11.9. The molecule has 5 rings (SSSR count). The van der Waals surface area contributed by atoms with Crippen LogP contribution in [-0.2, 0) is 16.8 Å². The van der Waals surface area contributed by atoms with Gasteiger partial charge in [-0.1, -0.05) is 88.0 Å². The van der Waals surface area contributed by atoms with E-state index in [2.05, 4.69) is 62.6 Å². The van der Waals surface area contributed by atoms with E-state index >= 15 is 0 Å². The lowest BCUT2D eigenvalue weighted by molar-refractivity contribution is -0.113. The van der Waals surface area contributed by atoms with Gasteiger partial charge in [0.1, 0.15) is 24.1 Å². The second-order valence-electron chi connectivity index (χ2n) is 11.8. The summed E-state index contributed by atoms with van der Waals surface area (Å²) in [5.41, 5.74) is 5.28. The number of para-hydroxylation sites is 2. The van der Waals surface area contributed by atoms with Crippen molar-refractivity contribution in [2.45, 2.75) is 71.2 Å². The summed E-state index contributed by atoms with van der Waals surface area (Å²) in [6.45, 7) is 13.5. The second kappa shape index (κ2) is 13.6. The maximum absolute atomic E-state index is 14.0. The molecule has 1 atom stereocenters. The van der Waals surface area contributed by atoms with Gasteiger partial charge in [-0.25, -0.2) is 4.68 Å². The Bertz CT molecular complexity index is 1620. The number of carbonyl (C=O) groups is 1. The van der Waals surface area contributed by atoms with Gasteiger partial charge < -0.3 is 20.1 Å². The van der Waals surface area contributed by atoms with Crippen molar-refractivity contribution in [3.05, 3.63) is 101 Å². The van der Waals surface area contributed by atoms with Gasteiger partial charge in [0.15, 0.2) is 0 Å². The lowest BCUT2D eigenvalue weighted by Gasteiger charge is -2.29. The number of hydrogen-bond donors (Lipinski definition) is 2. The zero-order valence-corrected chi connectivity index (χ0v) is 27.1. The molecule has 9 heteroatoms. The molecule has 0 fully saturated rings. The third kappa shape index (κ3) is 7.10. The average molecular weight is 612 g/mol. The molecule has 2 N–H and O–H groups in total. The molecule has 0 bridgehead atoms. The molecule has 8 nitrogen and oxygen atoms in total. The van der Waals surface area contributed by atoms with E-state index in [0.717, 1.165) is 29.1 Å². The first-order valence-corrected chi connectivity index (χ1v) is 16.1. The van der Waals surface area contributed by atoms with Gasteiger partial charge in [0.2, 0.25) is 11.1 Å². The molecule has 0 radical (unpaired) electrons. The first-order valence-electron chi connectivity index (χ1n) is 15.1. The van der Waals surface area contributed by atoms with Gasteiger partial charge in [-0.2, -0.15) is 4.98 Å². The zero-order chi connectivity index (χ0) is 31.3. The predicted octanol–water partition coefficient (Wildman–Crippen LogP) is 7.98. The number of allylic oxidation sites excluding steroid dienone is 1. The van der Waals surface area contributed by atoms with Crippen LogP contribution < -0.4 is 20.1 Å². The fraction of sp³-hybridized carbons (Fsp3) is 0.343. The number of carbonyl (C=O) groups excluding carboxylic acids is 1. The molecule has 2 heterocycles. The Morgan fingerprint density at radius 3 is 2.41 bits per heavy atom. The van der Waals surface area contributed by atoms with Crippen LogP contribution in [0.3, 0.4) is 0 Å². The standard InChI is InChI=1S/C35H41N5O3S/c1-7-21-44-34-38-33-36-23(3)30(32(41)37-28-11-9-10-12-29(28)42-8-2)31(40(33)39-34)25-15-19-27(20-16-25)43-22-24-13-17-26(18-14-24)35(4,5)6/h9-20,31H,7-8,21-22H2,1-6H3,(H,37,41)(H,36,38,39). The summed E-state index contributed by atoms with van der Waals surface area (Å²) < 4.78 is 13.7. The Morgan fingerprint density at radius 2 is 1.73 bits per heavy atom. The first kappa shape index (κ1) is 31.2. The highest BCUT2D eigenvalue weighted by molar-refractivity contribution is 7.99. The Hall–Kier alpha value is -4.24. The van der Waals surface area contributed by atoms with Crippen LogP contribution in [0.15, 0.2) is 89.2 Å². The molecule has 0 aliphatic carbocycles. The van der Waals surface area contributed by atoms with Gasteiger partial charge in [0.25, 0.3) is 5.91 Å². The lowest BCUT2D eigenvalue weighted by atomic mass is 9.87. The molecule has 1 aliphatic rings. The second-order valence-corrected chi connectivity index (χ2v) is 12.8. The fourth-order valence-electron chi connectivity index (χ4n) is 5.04. The van der Waals surface area contributed by atoms with E-state index in [1.807, 2.05) is 62.4 Å². The van der Waals surface area contributed by atoms with E-state index in [4.69, 9.17) is 19.6 Å². The van der Waals surface area contributed by atoms with E-state index in [9.17, 15) is 4.79 Å². The van der Waals surface area contributed by atoms with Gasteiger partial charge in [-0.05, 0) is 66.6 Å². The first-order chi connectivity index (χ1) is 21.2. The molecule has 1 unspecified atom stereocenters. The highest BCUT2D eigenvalue weighted by atomic mass is 32.2. The van der Waals surface area contributed by atoms with Gasteiger partial charge >= 0.3 is 0 Å². The van der Waals surface area contributed by atoms with Crippen molar-refractivity contribution in [1.82, 2.24) is 14.8 Å². The molecular formula is C35H41N5O3S. The molecule has 1 aliphatic heterocycles. The molecule has 0 spiro atoms. The predicted molar refractivity (Wildman–Crippen MR) is 178 cm³/mol. The molecule has 3 aromatic carbocycles. The number of aromatic nitrogens is 3. The van der Waals surface area contributed by atoms with Crippen molar-refractivity contribution < 1.29 is 14.3 Å². The minimum atomic E-state index is -0.493. The Labute approximate surface area is 264 Å². The minimum absolute atomic E-state index is 0.110. The van der Waals surface area contributed by atoms with Crippen LogP contribution in [0.2, 0.25) is 0 Å². The number of rotatable bonds is 11. The molecule has 4 aromatic rings. The number of nitrogens with zero attached hydrogens (tertiary/aromatic N) is 3. The summed E-state index contributed by atoms with van der Waals surface area (Å²) in [5.74, 6) is 2.65. The Morgan fingerprint density at radius 1 is 1.00 bits per heavy atom. The van der Waals surface area contributed by atoms with E-state index in [1.54, 1.807) is 16.4 Å². The van der Waals surface area contributed by atoms with E-state index in [0.29, 0.717) is 47.0 Å². The zero-order valence-electron chi connectivity index (χ0n) is 26.3. The van der Waals surface area contributed by atoms with Crippen molar-refractivity contribution in [2.24, 2.45) is 0 Å². The molecule has 1 amide bonds. The lowest BCUT2D eigenvalue weighted by Crippen LogP contribution is -2.31. The summed E-state index contributed by atoms with van der Waals surface area (Å²) in [6.07, 6.45) is 1.01. The topological polar surface area (TPSA) is 90.3 Å². The molecular weight excluding hydrogens is 570 g/mol. The van der Waals surface area contributed by atoms with Crippen LogP contribution in [0.25, 0.3) is 0 Å². The van der Waals surface area contributed by atoms with E-state index < -0.39 is 6.04 Å². The highest BCUT2D eigenvalue weighted by Gasteiger charge is 2.34. The van der Waals surface area contributed by atoms with Crippen molar-refractivity contribution >= 4 is 29.3 Å². The minimum Gasteiger partial charge on any atom is -0.492 e. The van der Waals surface area contributed by atoms with Crippen LogP contribution >= 0.6 is 11.8 Å². The van der Waals surface area contributed by atoms with E-state index in [1.165, 1.54) is 5.56 Å². The smallest absolute Gasteiger partial charge is 0.255 e. The van der Waals surface area contributed by atoms with Gasteiger partial charge in [-0.3, -0.25) is 4.79 Å². The van der Waals surface area contributed by atoms with Crippen molar-refractivity contribution in [3.63, 3.8) is 0 Å². The van der Waals surface area contributed by atoms with Gasteiger partial charge in [0, 0.05) is 11.4 Å². The largest absolute Gasteiger partial charge is 0.492 e. The summed E-state index contributed by atoms with van der Waals surface area (Å²) in [6, 6.07) is 23.4. The molecule has 0 saturated carbocycles. The van der Waals surface area contributed by atoms with Crippen LogP contribution in [-0.4, -0.2) is 33.0 Å². The normalized spacial score (nSPS) is 14.5. The van der Waals surface area contributed by atoms with Gasteiger partial charge in [0.05, 0.1) is 17.9 Å². The number of hydrogen-bond acceptors (Lipinski definition) is 7. The number of amides is 1. The number of ether oxygens (including phenoxy) is 2. The number of benzene rings is 3. The third-order valence-electron chi connectivity index (χ3n) is 7.37. The van der Waals surface area contributed by atoms with Gasteiger partial charge in [-0.15, -0.1) is 5.10 Å². The van der Waals surface area contributed by atoms with Crippen molar-refractivity contribution in [3.8, 4) is 11.5 Å². The highest BCUT2D eigenvalue weighted by Crippen LogP contribution is 2.38. The fourth-order valence-corrected chi connectivity index (χ4v) is 5.73. The summed E-state index contributed by atoms with van der Waals surface area (Å²) >= 11 is 1.60. The number of nitrogens with one attached hydrogen (secondary N) is 2. The molecule has 0 saturated heterocycles. The molecule has 230 valence electrons. The summed E-state index contributed by atoms with van der Waals surface area (Å²) in [4.78, 5) is 18.7. The maximum Gasteiger partial charge on any atom is 0.255 e. The van der Waals surface area contributed by atoms with Crippen LogP contribution in [0.1, 0.15) is 70.7 Å². The van der Waals surface area contributed by atoms with Crippen LogP contribution in [0, 0.1) is 0 Å². The van der Waals surface area contributed by atoms with Crippen LogP contribution in [0.4, 0.5) is 11.6 Å². The number of anilines is 2. The Balaban J connectivity index is 1.42. The van der Waals surface area contributed by atoms with E-state index in [-0.39, 0.29) is 11.3 Å². The third-order valence-corrected chi connectivity index (χ3v) is 8.41. The Kier molecular flexibility index (Phi) is 9.64. The number of fused-ring (bicyclic) bond motifs is 1. The van der Waals surface area contributed by atoms with Crippen LogP contribution in [0.5, 0.6) is 11.5 Å². The SMILES string of the molecule is CCCSc1nc2n(n1)C(c1ccc(OCc3ccc(C(C)(C)C)cc3)cc1)C(C(=O)Nc1ccccc1OCC)=C(C)N2. The molecule has 44 heavy (non-hydrogen) atoms. The average Bonchev–Trinajstić information content (AvgIpc) is 3.41. The molecule has 1 aromatic heterocycles.